The number of methoxy groups -OCH3 is 3. The van der Waals surface area contributed by atoms with Crippen LogP contribution in [-0.4, -0.2) is 62.4 Å². The van der Waals surface area contributed by atoms with Gasteiger partial charge in [0.15, 0.2) is 11.5 Å². The molecular formula is C18H28N4O3. The summed E-state index contributed by atoms with van der Waals surface area (Å²) in [6.07, 6.45) is 2.57. The van der Waals surface area contributed by atoms with Crippen molar-refractivity contribution in [3.8, 4) is 17.2 Å². The molecule has 0 spiro atoms. The van der Waals surface area contributed by atoms with E-state index in [2.05, 4.69) is 34.0 Å². The lowest BCUT2D eigenvalue weighted by Gasteiger charge is -2.18. The third-order valence-electron chi connectivity index (χ3n) is 4.27. The van der Waals surface area contributed by atoms with Gasteiger partial charge in [0, 0.05) is 6.54 Å². The molecule has 1 heterocycles. The van der Waals surface area contributed by atoms with Crippen LogP contribution in [-0.2, 0) is 0 Å². The van der Waals surface area contributed by atoms with Gasteiger partial charge in [-0.15, -0.1) is 0 Å². The van der Waals surface area contributed by atoms with Crippen LogP contribution in [0, 0.1) is 0 Å². The number of benzene rings is 1. The first-order valence-electron chi connectivity index (χ1n) is 8.59. The van der Waals surface area contributed by atoms with E-state index < -0.39 is 0 Å². The van der Waals surface area contributed by atoms with Crippen molar-refractivity contribution in [2.75, 3.05) is 52.8 Å². The maximum atomic E-state index is 5.50. The molecule has 0 atom stereocenters. The summed E-state index contributed by atoms with van der Waals surface area (Å²) in [4.78, 5) is 11.1. The largest absolute Gasteiger partial charge is 0.493 e. The lowest BCUT2D eigenvalue weighted by Crippen LogP contribution is -2.25. The average Bonchev–Trinajstić information content (AvgIpc) is 2.66. The Morgan fingerprint density at radius 2 is 1.72 bits per heavy atom. The minimum atomic E-state index is 0.531. The zero-order valence-electron chi connectivity index (χ0n) is 15.8. The number of hydrogen-bond acceptors (Lipinski definition) is 7. The van der Waals surface area contributed by atoms with Gasteiger partial charge in [-0.25, -0.2) is 9.97 Å². The molecule has 0 fully saturated rings. The quantitative estimate of drug-likeness (QED) is 0.662. The summed E-state index contributed by atoms with van der Waals surface area (Å²) in [5.41, 5.74) is 0.696. The van der Waals surface area contributed by atoms with Gasteiger partial charge < -0.3 is 24.4 Å². The number of rotatable bonds is 10. The minimum absolute atomic E-state index is 0.531. The van der Waals surface area contributed by atoms with Crippen molar-refractivity contribution in [3.63, 3.8) is 0 Å². The summed E-state index contributed by atoms with van der Waals surface area (Å²) >= 11 is 0. The molecule has 0 bridgehead atoms. The fourth-order valence-corrected chi connectivity index (χ4v) is 2.85. The number of hydrogen-bond donors (Lipinski definition) is 1. The summed E-state index contributed by atoms with van der Waals surface area (Å²) in [6, 6.07) is 1.88. The number of aromatic nitrogens is 2. The zero-order valence-corrected chi connectivity index (χ0v) is 15.8. The molecule has 138 valence electrons. The number of fused-ring (bicyclic) bond motifs is 1. The van der Waals surface area contributed by atoms with Gasteiger partial charge in [-0.3, -0.25) is 0 Å². The van der Waals surface area contributed by atoms with E-state index in [0.717, 1.165) is 43.8 Å². The van der Waals surface area contributed by atoms with E-state index in [4.69, 9.17) is 14.2 Å². The third kappa shape index (κ3) is 4.22. The van der Waals surface area contributed by atoms with E-state index in [0.29, 0.717) is 22.8 Å². The maximum Gasteiger partial charge on any atom is 0.205 e. The lowest BCUT2D eigenvalue weighted by atomic mass is 10.2. The molecule has 1 aromatic carbocycles. The Morgan fingerprint density at radius 1 is 1.00 bits per heavy atom. The van der Waals surface area contributed by atoms with Gasteiger partial charge in [0.25, 0.3) is 0 Å². The molecule has 0 aliphatic heterocycles. The van der Waals surface area contributed by atoms with Crippen molar-refractivity contribution >= 4 is 16.7 Å². The van der Waals surface area contributed by atoms with Crippen LogP contribution < -0.4 is 19.5 Å². The highest BCUT2D eigenvalue weighted by Crippen LogP contribution is 2.43. The van der Waals surface area contributed by atoms with Crippen molar-refractivity contribution in [2.24, 2.45) is 0 Å². The van der Waals surface area contributed by atoms with Crippen LogP contribution >= 0.6 is 0 Å². The third-order valence-corrected chi connectivity index (χ3v) is 4.27. The molecule has 25 heavy (non-hydrogen) atoms. The number of ether oxygens (including phenoxy) is 3. The molecule has 0 aliphatic rings. The minimum Gasteiger partial charge on any atom is -0.493 e. The van der Waals surface area contributed by atoms with Crippen molar-refractivity contribution in [3.05, 3.63) is 12.4 Å². The molecule has 1 aromatic heterocycles. The van der Waals surface area contributed by atoms with Crippen molar-refractivity contribution in [1.29, 1.82) is 0 Å². The number of anilines is 1. The molecule has 0 amide bonds. The molecule has 0 saturated carbocycles. The second-order valence-corrected chi connectivity index (χ2v) is 5.57. The molecule has 7 nitrogen and oxygen atoms in total. The molecule has 0 saturated heterocycles. The molecule has 2 rings (SSSR count). The van der Waals surface area contributed by atoms with Crippen molar-refractivity contribution in [1.82, 2.24) is 14.9 Å². The van der Waals surface area contributed by atoms with Crippen LogP contribution in [0.15, 0.2) is 12.4 Å². The Balaban J connectivity index is 2.26. The first-order valence-corrected chi connectivity index (χ1v) is 8.59. The fraction of sp³-hybridized carbons (Fsp3) is 0.556. The van der Waals surface area contributed by atoms with E-state index in [9.17, 15) is 0 Å². The highest BCUT2D eigenvalue weighted by molar-refractivity contribution is 5.96. The van der Waals surface area contributed by atoms with E-state index in [-0.39, 0.29) is 0 Å². The molecular weight excluding hydrogens is 320 g/mol. The van der Waals surface area contributed by atoms with Crippen LogP contribution in [0.1, 0.15) is 20.3 Å². The van der Waals surface area contributed by atoms with Crippen LogP contribution in [0.3, 0.4) is 0 Å². The zero-order chi connectivity index (χ0) is 18.2. The number of nitrogens with zero attached hydrogens (tertiary/aromatic N) is 3. The van der Waals surface area contributed by atoms with E-state index >= 15 is 0 Å². The SMILES string of the molecule is CCN(CC)CCCNc1ncnc2c(OC)c(OC)c(OC)cc12. The molecule has 0 aliphatic carbocycles. The van der Waals surface area contributed by atoms with Gasteiger partial charge in [-0.2, -0.15) is 0 Å². The molecule has 0 radical (unpaired) electrons. The fourth-order valence-electron chi connectivity index (χ4n) is 2.85. The summed E-state index contributed by atoms with van der Waals surface area (Å²) < 4.78 is 16.4. The summed E-state index contributed by atoms with van der Waals surface area (Å²) in [5.74, 6) is 2.44. The Morgan fingerprint density at radius 3 is 2.32 bits per heavy atom. The van der Waals surface area contributed by atoms with Gasteiger partial charge in [0.2, 0.25) is 5.75 Å². The van der Waals surface area contributed by atoms with E-state index in [1.165, 1.54) is 6.33 Å². The Kier molecular flexibility index (Phi) is 7.06. The smallest absolute Gasteiger partial charge is 0.205 e. The molecule has 2 aromatic rings. The van der Waals surface area contributed by atoms with Gasteiger partial charge in [-0.05, 0) is 32.1 Å². The van der Waals surface area contributed by atoms with E-state index in [1.807, 2.05) is 6.07 Å². The van der Waals surface area contributed by atoms with Gasteiger partial charge in [-0.1, -0.05) is 13.8 Å². The second-order valence-electron chi connectivity index (χ2n) is 5.57. The van der Waals surface area contributed by atoms with Crippen LogP contribution in [0.4, 0.5) is 5.82 Å². The second kappa shape index (κ2) is 9.27. The average molecular weight is 348 g/mol. The Hall–Kier alpha value is -2.28. The summed E-state index contributed by atoms with van der Waals surface area (Å²) in [6.45, 7) is 8.40. The maximum absolute atomic E-state index is 5.50. The molecule has 0 unspecified atom stereocenters. The Labute approximate surface area is 149 Å². The topological polar surface area (TPSA) is 68.7 Å². The van der Waals surface area contributed by atoms with E-state index in [1.54, 1.807) is 21.3 Å². The van der Waals surface area contributed by atoms with Gasteiger partial charge in [0.1, 0.15) is 17.7 Å². The van der Waals surface area contributed by atoms with Crippen LogP contribution in [0.25, 0.3) is 10.9 Å². The molecule has 1 N–H and O–H groups in total. The van der Waals surface area contributed by atoms with Crippen LogP contribution in [0.5, 0.6) is 17.2 Å². The van der Waals surface area contributed by atoms with Gasteiger partial charge >= 0.3 is 0 Å². The van der Waals surface area contributed by atoms with Gasteiger partial charge in [0.05, 0.1) is 26.7 Å². The highest BCUT2D eigenvalue weighted by atomic mass is 16.5. The number of nitrogens with one attached hydrogen (secondary N) is 1. The normalized spacial score (nSPS) is 11.0. The summed E-state index contributed by atoms with van der Waals surface area (Å²) in [7, 11) is 4.78. The van der Waals surface area contributed by atoms with Crippen LogP contribution in [0.2, 0.25) is 0 Å². The predicted molar refractivity (Wildman–Crippen MR) is 100 cm³/mol. The summed E-state index contributed by atoms with van der Waals surface area (Å²) in [5, 5.41) is 4.25. The lowest BCUT2D eigenvalue weighted by molar-refractivity contribution is 0.303. The highest BCUT2D eigenvalue weighted by Gasteiger charge is 2.19. The predicted octanol–water partition coefficient (Wildman–Crippen LogP) is 2.80. The first kappa shape index (κ1) is 19.1. The standard InChI is InChI=1S/C18H28N4O3/c1-6-22(7-2)10-8-9-19-18-13-11-14(23-3)16(24-4)17(25-5)15(13)20-12-21-18/h11-12H,6-10H2,1-5H3,(H,19,20,21). The monoisotopic (exact) mass is 348 g/mol. The first-order chi connectivity index (χ1) is 12.2. The Bertz CT molecular complexity index is 690. The van der Waals surface area contributed by atoms with Crippen molar-refractivity contribution in [2.45, 2.75) is 20.3 Å². The molecule has 7 heteroatoms. The van der Waals surface area contributed by atoms with Crippen molar-refractivity contribution < 1.29 is 14.2 Å².